The largest absolute Gasteiger partial charge is 0.388 e. The first-order chi connectivity index (χ1) is 7.79. The van der Waals surface area contributed by atoms with E-state index in [4.69, 9.17) is 11.6 Å². The lowest BCUT2D eigenvalue weighted by atomic mass is 9.88. The van der Waals surface area contributed by atoms with Gasteiger partial charge >= 0.3 is 0 Å². The number of hydrogen-bond acceptors (Lipinski definition) is 1. The standard InChI is InChI=1S/C14H20BrClO/c1-14(2,3)8-4-5-13(17)11-9-10(15)6-7-12(11)16/h6-7,9,13,17H,4-5,8H2,1-3H3. The quantitative estimate of drug-likeness (QED) is 0.793. The molecular formula is C14H20BrClO. The summed E-state index contributed by atoms with van der Waals surface area (Å²) in [4.78, 5) is 0. The van der Waals surface area contributed by atoms with Gasteiger partial charge in [0.15, 0.2) is 0 Å². The van der Waals surface area contributed by atoms with Crippen LogP contribution in [0.2, 0.25) is 5.02 Å². The van der Waals surface area contributed by atoms with Gasteiger partial charge in [0, 0.05) is 15.1 Å². The van der Waals surface area contributed by atoms with Crippen LogP contribution in [0.5, 0.6) is 0 Å². The van der Waals surface area contributed by atoms with Crippen molar-refractivity contribution in [3.8, 4) is 0 Å². The van der Waals surface area contributed by atoms with E-state index >= 15 is 0 Å². The van der Waals surface area contributed by atoms with Crippen LogP contribution in [0.3, 0.4) is 0 Å². The maximum absolute atomic E-state index is 10.1. The second-order valence-corrected chi connectivity index (χ2v) is 6.96. The van der Waals surface area contributed by atoms with E-state index < -0.39 is 6.10 Å². The van der Waals surface area contributed by atoms with Gasteiger partial charge < -0.3 is 5.11 Å². The second kappa shape index (κ2) is 6.21. The second-order valence-electron chi connectivity index (χ2n) is 5.63. The number of aliphatic hydroxyl groups is 1. The number of rotatable bonds is 4. The maximum atomic E-state index is 10.1. The molecule has 0 amide bonds. The number of benzene rings is 1. The number of halogens is 2. The van der Waals surface area contributed by atoms with Gasteiger partial charge in [0.25, 0.3) is 0 Å². The average molecular weight is 320 g/mol. The lowest BCUT2D eigenvalue weighted by Gasteiger charge is -2.19. The molecule has 0 aliphatic heterocycles. The van der Waals surface area contributed by atoms with E-state index in [2.05, 4.69) is 36.7 Å². The van der Waals surface area contributed by atoms with Gasteiger partial charge in [-0.15, -0.1) is 0 Å². The van der Waals surface area contributed by atoms with Gasteiger partial charge in [0.05, 0.1) is 6.10 Å². The topological polar surface area (TPSA) is 20.2 Å². The highest BCUT2D eigenvalue weighted by Crippen LogP contribution is 2.31. The Labute approximate surface area is 117 Å². The molecule has 1 unspecified atom stereocenters. The zero-order chi connectivity index (χ0) is 13.1. The Kier molecular flexibility index (Phi) is 5.49. The summed E-state index contributed by atoms with van der Waals surface area (Å²) < 4.78 is 0.951. The van der Waals surface area contributed by atoms with Crippen molar-refractivity contribution in [3.63, 3.8) is 0 Å². The van der Waals surface area contributed by atoms with E-state index in [1.807, 2.05) is 18.2 Å². The molecule has 0 bridgehead atoms. The first kappa shape index (κ1) is 15.0. The highest BCUT2D eigenvalue weighted by Gasteiger charge is 2.15. The van der Waals surface area contributed by atoms with Crippen molar-refractivity contribution in [1.82, 2.24) is 0 Å². The summed E-state index contributed by atoms with van der Waals surface area (Å²) in [5, 5.41) is 10.8. The smallest absolute Gasteiger partial charge is 0.0804 e. The summed E-state index contributed by atoms with van der Waals surface area (Å²) in [6.45, 7) is 6.64. The molecule has 1 aromatic rings. The zero-order valence-electron chi connectivity index (χ0n) is 10.6. The lowest BCUT2D eigenvalue weighted by Crippen LogP contribution is -2.06. The fourth-order valence-electron chi connectivity index (χ4n) is 1.75. The minimum atomic E-state index is -0.470. The summed E-state index contributed by atoms with van der Waals surface area (Å²) in [6, 6.07) is 5.59. The first-order valence-corrected chi connectivity index (χ1v) is 7.10. The molecule has 0 heterocycles. The van der Waals surface area contributed by atoms with Crippen molar-refractivity contribution in [2.75, 3.05) is 0 Å². The Balaban J connectivity index is 2.58. The molecule has 0 aliphatic carbocycles. The summed E-state index contributed by atoms with van der Waals surface area (Å²) in [7, 11) is 0. The predicted octanol–water partition coefficient (Wildman–Crippen LogP) is 5.35. The lowest BCUT2D eigenvalue weighted by molar-refractivity contribution is 0.158. The third-order valence-corrected chi connectivity index (χ3v) is 3.56. The van der Waals surface area contributed by atoms with Gasteiger partial charge in [0.1, 0.15) is 0 Å². The van der Waals surface area contributed by atoms with Crippen molar-refractivity contribution >= 4 is 27.5 Å². The molecule has 96 valence electrons. The summed E-state index contributed by atoms with van der Waals surface area (Å²) in [5.41, 5.74) is 1.13. The Hall–Kier alpha value is -0.0500. The predicted molar refractivity (Wildman–Crippen MR) is 77.4 cm³/mol. The molecule has 3 heteroatoms. The maximum Gasteiger partial charge on any atom is 0.0804 e. The molecule has 0 radical (unpaired) electrons. The van der Waals surface area contributed by atoms with Gasteiger partial charge in [-0.2, -0.15) is 0 Å². The SMILES string of the molecule is CC(C)(C)CCCC(O)c1cc(Br)ccc1Cl. The molecule has 0 aliphatic rings. The molecule has 0 saturated heterocycles. The summed E-state index contributed by atoms with van der Waals surface area (Å²) >= 11 is 9.47. The molecule has 1 N–H and O–H groups in total. The molecule has 1 aromatic carbocycles. The normalized spacial score (nSPS) is 13.8. The average Bonchev–Trinajstić information content (AvgIpc) is 2.19. The van der Waals surface area contributed by atoms with E-state index in [1.54, 1.807) is 0 Å². The third kappa shape index (κ3) is 5.41. The Bertz CT molecular complexity index is 371. The van der Waals surface area contributed by atoms with Crippen LogP contribution in [0.15, 0.2) is 22.7 Å². The van der Waals surface area contributed by atoms with Crippen molar-refractivity contribution in [2.24, 2.45) is 5.41 Å². The monoisotopic (exact) mass is 318 g/mol. The molecule has 0 saturated carbocycles. The van der Waals surface area contributed by atoms with Crippen LogP contribution in [-0.2, 0) is 0 Å². The number of aliphatic hydroxyl groups excluding tert-OH is 1. The van der Waals surface area contributed by atoms with Crippen LogP contribution in [0.1, 0.15) is 51.7 Å². The zero-order valence-corrected chi connectivity index (χ0v) is 13.0. The Morgan fingerprint density at radius 1 is 1.35 bits per heavy atom. The van der Waals surface area contributed by atoms with Crippen molar-refractivity contribution in [2.45, 2.75) is 46.1 Å². The van der Waals surface area contributed by atoms with E-state index in [0.29, 0.717) is 10.4 Å². The molecule has 1 rings (SSSR count). The van der Waals surface area contributed by atoms with Crippen LogP contribution >= 0.6 is 27.5 Å². The molecule has 0 fully saturated rings. The number of hydrogen-bond donors (Lipinski definition) is 1. The van der Waals surface area contributed by atoms with E-state index in [1.165, 1.54) is 0 Å². The Morgan fingerprint density at radius 2 is 2.00 bits per heavy atom. The third-order valence-electron chi connectivity index (χ3n) is 2.72. The van der Waals surface area contributed by atoms with E-state index in [-0.39, 0.29) is 0 Å². The van der Waals surface area contributed by atoms with Crippen molar-refractivity contribution in [1.29, 1.82) is 0 Å². The fourth-order valence-corrected chi connectivity index (χ4v) is 2.37. The van der Waals surface area contributed by atoms with Gasteiger partial charge in [-0.05, 0) is 36.5 Å². The van der Waals surface area contributed by atoms with E-state index in [0.717, 1.165) is 29.3 Å². The molecule has 1 nitrogen and oxygen atoms in total. The molecule has 0 spiro atoms. The first-order valence-electron chi connectivity index (χ1n) is 5.92. The Morgan fingerprint density at radius 3 is 2.59 bits per heavy atom. The van der Waals surface area contributed by atoms with Crippen LogP contribution in [-0.4, -0.2) is 5.11 Å². The van der Waals surface area contributed by atoms with Gasteiger partial charge in [-0.25, -0.2) is 0 Å². The molecule has 1 atom stereocenters. The highest BCUT2D eigenvalue weighted by molar-refractivity contribution is 9.10. The minimum absolute atomic E-state index is 0.320. The summed E-state index contributed by atoms with van der Waals surface area (Å²) in [6.07, 6.45) is 2.40. The van der Waals surface area contributed by atoms with Gasteiger partial charge in [0.2, 0.25) is 0 Å². The van der Waals surface area contributed by atoms with Crippen LogP contribution in [0.25, 0.3) is 0 Å². The molecule has 0 aromatic heterocycles. The van der Waals surface area contributed by atoms with Crippen molar-refractivity contribution in [3.05, 3.63) is 33.3 Å². The van der Waals surface area contributed by atoms with Gasteiger partial charge in [-0.3, -0.25) is 0 Å². The minimum Gasteiger partial charge on any atom is -0.388 e. The van der Waals surface area contributed by atoms with Gasteiger partial charge in [-0.1, -0.05) is 54.7 Å². The van der Waals surface area contributed by atoms with Crippen LogP contribution in [0, 0.1) is 5.41 Å². The van der Waals surface area contributed by atoms with E-state index in [9.17, 15) is 5.11 Å². The van der Waals surface area contributed by atoms with Crippen molar-refractivity contribution < 1.29 is 5.11 Å². The van der Waals surface area contributed by atoms with Crippen LogP contribution in [0.4, 0.5) is 0 Å². The highest BCUT2D eigenvalue weighted by atomic mass is 79.9. The summed E-state index contributed by atoms with van der Waals surface area (Å²) in [5.74, 6) is 0. The fraction of sp³-hybridized carbons (Fsp3) is 0.571. The molecular weight excluding hydrogens is 300 g/mol. The molecule has 17 heavy (non-hydrogen) atoms. The van der Waals surface area contributed by atoms with Crippen LogP contribution < -0.4 is 0 Å².